The van der Waals surface area contributed by atoms with Gasteiger partial charge in [0.25, 0.3) is 0 Å². The molecule has 0 saturated carbocycles. The van der Waals surface area contributed by atoms with E-state index in [0.717, 1.165) is 18.8 Å². The van der Waals surface area contributed by atoms with Crippen LogP contribution in [-0.4, -0.2) is 65.7 Å². The standard InChI is InChI=1S/C18H26N2O3/c21-17(8-13-23-16-6-2-1-3-7-16)20-12-9-18(22,15-20)14-19-10-4-5-11-19/h1-3,6-7,22H,4-5,8-15H2/t18-/m0/s1. The van der Waals surface area contributed by atoms with Crippen LogP contribution >= 0.6 is 0 Å². The van der Waals surface area contributed by atoms with E-state index in [9.17, 15) is 9.90 Å². The summed E-state index contributed by atoms with van der Waals surface area (Å²) in [5.74, 6) is 0.852. The first-order valence-corrected chi connectivity index (χ1v) is 8.55. The second kappa shape index (κ2) is 7.32. The minimum Gasteiger partial charge on any atom is -0.493 e. The summed E-state index contributed by atoms with van der Waals surface area (Å²) < 4.78 is 5.58. The summed E-state index contributed by atoms with van der Waals surface area (Å²) in [4.78, 5) is 16.4. The van der Waals surface area contributed by atoms with Crippen LogP contribution in [0, 0.1) is 0 Å². The number of hydrogen-bond donors (Lipinski definition) is 1. The molecule has 3 rings (SSSR count). The SMILES string of the molecule is O=C(CCOc1ccccc1)N1CC[C@](O)(CN2CCCC2)C1. The van der Waals surface area contributed by atoms with Crippen molar-refractivity contribution in [1.29, 1.82) is 0 Å². The van der Waals surface area contributed by atoms with Crippen molar-refractivity contribution in [3.05, 3.63) is 30.3 Å². The highest BCUT2D eigenvalue weighted by Crippen LogP contribution is 2.24. The first-order valence-electron chi connectivity index (χ1n) is 8.55. The fourth-order valence-electron chi connectivity index (χ4n) is 3.49. The van der Waals surface area contributed by atoms with Gasteiger partial charge in [-0.05, 0) is 44.5 Å². The lowest BCUT2D eigenvalue weighted by atomic mass is 10.0. The number of rotatable bonds is 6. The summed E-state index contributed by atoms with van der Waals surface area (Å²) in [6.07, 6.45) is 3.47. The molecule has 1 N–H and O–H groups in total. The summed E-state index contributed by atoms with van der Waals surface area (Å²) in [6.45, 7) is 4.31. The Hall–Kier alpha value is -1.59. The monoisotopic (exact) mass is 318 g/mol. The number of ether oxygens (including phenoxy) is 1. The van der Waals surface area contributed by atoms with Gasteiger partial charge in [0, 0.05) is 13.1 Å². The van der Waals surface area contributed by atoms with Gasteiger partial charge in [-0.15, -0.1) is 0 Å². The number of para-hydroxylation sites is 1. The molecule has 0 aromatic heterocycles. The third-order valence-corrected chi connectivity index (χ3v) is 4.73. The number of likely N-dealkylation sites (tertiary alicyclic amines) is 2. The average molecular weight is 318 g/mol. The van der Waals surface area contributed by atoms with Gasteiger partial charge in [-0.1, -0.05) is 18.2 Å². The highest BCUT2D eigenvalue weighted by atomic mass is 16.5. The highest BCUT2D eigenvalue weighted by Gasteiger charge is 2.39. The number of carbonyl (C=O) groups excluding carboxylic acids is 1. The van der Waals surface area contributed by atoms with Crippen LogP contribution in [0.1, 0.15) is 25.7 Å². The molecule has 2 aliphatic heterocycles. The van der Waals surface area contributed by atoms with Gasteiger partial charge in [0.15, 0.2) is 0 Å². The van der Waals surface area contributed by atoms with Gasteiger partial charge in [-0.2, -0.15) is 0 Å². The van der Waals surface area contributed by atoms with E-state index in [-0.39, 0.29) is 5.91 Å². The molecule has 5 heteroatoms. The van der Waals surface area contributed by atoms with Crippen molar-refractivity contribution in [1.82, 2.24) is 9.80 Å². The minimum absolute atomic E-state index is 0.0679. The fraction of sp³-hybridized carbons (Fsp3) is 0.611. The van der Waals surface area contributed by atoms with Crippen molar-refractivity contribution in [3.8, 4) is 5.75 Å². The molecule has 5 nitrogen and oxygen atoms in total. The molecule has 1 aromatic carbocycles. The quantitative estimate of drug-likeness (QED) is 0.864. The largest absolute Gasteiger partial charge is 0.493 e. The number of hydrogen-bond acceptors (Lipinski definition) is 4. The van der Waals surface area contributed by atoms with Crippen LogP contribution in [0.25, 0.3) is 0 Å². The van der Waals surface area contributed by atoms with E-state index >= 15 is 0 Å². The van der Waals surface area contributed by atoms with E-state index in [2.05, 4.69) is 4.90 Å². The molecule has 2 fully saturated rings. The molecule has 1 atom stereocenters. The Morgan fingerprint density at radius 1 is 1.17 bits per heavy atom. The Morgan fingerprint density at radius 3 is 2.65 bits per heavy atom. The molecule has 0 spiro atoms. The fourth-order valence-corrected chi connectivity index (χ4v) is 3.49. The Balaban J connectivity index is 1.41. The first-order chi connectivity index (χ1) is 11.1. The number of β-amino-alcohol motifs (C(OH)–C–C–N with tert-alkyl or cyclic N) is 1. The Kier molecular flexibility index (Phi) is 5.18. The van der Waals surface area contributed by atoms with Gasteiger partial charge < -0.3 is 19.6 Å². The van der Waals surface area contributed by atoms with E-state index in [4.69, 9.17) is 4.74 Å². The first kappa shape index (κ1) is 16.3. The molecule has 126 valence electrons. The molecular formula is C18H26N2O3. The Bertz CT molecular complexity index is 516. The number of carbonyl (C=O) groups is 1. The van der Waals surface area contributed by atoms with Crippen molar-refractivity contribution in [2.24, 2.45) is 0 Å². The van der Waals surface area contributed by atoms with E-state index in [1.165, 1.54) is 12.8 Å². The predicted molar refractivity (Wildman–Crippen MR) is 88.4 cm³/mol. The number of amides is 1. The maximum Gasteiger partial charge on any atom is 0.226 e. The third kappa shape index (κ3) is 4.45. The average Bonchev–Trinajstić information content (AvgIpc) is 3.18. The molecule has 1 aromatic rings. The predicted octanol–water partition coefficient (Wildman–Crippen LogP) is 1.51. The van der Waals surface area contributed by atoms with Crippen molar-refractivity contribution >= 4 is 5.91 Å². The molecule has 0 bridgehead atoms. The van der Waals surface area contributed by atoms with Crippen LogP contribution in [0.15, 0.2) is 30.3 Å². The van der Waals surface area contributed by atoms with Crippen molar-refractivity contribution in [3.63, 3.8) is 0 Å². The van der Waals surface area contributed by atoms with Crippen molar-refractivity contribution in [2.75, 3.05) is 39.3 Å². The van der Waals surface area contributed by atoms with Crippen LogP contribution in [0.4, 0.5) is 0 Å². The third-order valence-electron chi connectivity index (χ3n) is 4.73. The van der Waals surface area contributed by atoms with Gasteiger partial charge in [0.1, 0.15) is 5.75 Å². The maximum atomic E-state index is 12.3. The van der Waals surface area contributed by atoms with Crippen LogP contribution in [0.3, 0.4) is 0 Å². The zero-order valence-electron chi connectivity index (χ0n) is 13.6. The topological polar surface area (TPSA) is 53.0 Å². The lowest BCUT2D eigenvalue weighted by Gasteiger charge is -2.28. The Morgan fingerprint density at radius 2 is 1.91 bits per heavy atom. The zero-order valence-corrected chi connectivity index (χ0v) is 13.6. The lowest BCUT2D eigenvalue weighted by Crippen LogP contribution is -2.45. The zero-order chi connectivity index (χ0) is 16.1. The maximum absolute atomic E-state index is 12.3. The molecule has 0 aliphatic carbocycles. The molecule has 2 heterocycles. The van der Waals surface area contributed by atoms with Crippen LogP contribution in [0.2, 0.25) is 0 Å². The molecule has 1 amide bonds. The van der Waals surface area contributed by atoms with E-state index < -0.39 is 5.60 Å². The summed E-state index contributed by atoms with van der Waals surface area (Å²) >= 11 is 0. The minimum atomic E-state index is -0.736. The molecular weight excluding hydrogens is 292 g/mol. The van der Waals surface area contributed by atoms with E-state index in [1.54, 1.807) is 4.90 Å². The molecule has 23 heavy (non-hydrogen) atoms. The molecule has 2 saturated heterocycles. The summed E-state index contributed by atoms with van der Waals surface area (Å²) in [5.41, 5.74) is -0.736. The normalized spacial score (nSPS) is 25.0. The number of benzene rings is 1. The van der Waals surface area contributed by atoms with Gasteiger partial charge in [-0.25, -0.2) is 0 Å². The smallest absolute Gasteiger partial charge is 0.226 e. The van der Waals surface area contributed by atoms with E-state index in [1.807, 2.05) is 30.3 Å². The highest BCUT2D eigenvalue weighted by molar-refractivity contribution is 5.76. The summed E-state index contributed by atoms with van der Waals surface area (Å²) in [7, 11) is 0. The van der Waals surface area contributed by atoms with Gasteiger partial charge in [0.2, 0.25) is 5.91 Å². The summed E-state index contributed by atoms with van der Waals surface area (Å²) in [5, 5.41) is 10.7. The molecule has 0 radical (unpaired) electrons. The van der Waals surface area contributed by atoms with Crippen molar-refractivity contribution < 1.29 is 14.6 Å². The Labute approximate surface area is 137 Å². The van der Waals surface area contributed by atoms with E-state index in [0.29, 0.717) is 39.1 Å². The van der Waals surface area contributed by atoms with Gasteiger partial charge in [-0.3, -0.25) is 4.79 Å². The molecule has 2 aliphatic rings. The van der Waals surface area contributed by atoms with Crippen LogP contribution < -0.4 is 4.74 Å². The lowest BCUT2D eigenvalue weighted by molar-refractivity contribution is -0.131. The second-order valence-corrected chi connectivity index (χ2v) is 6.68. The van der Waals surface area contributed by atoms with Gasteiger partial charge in [0.05, 0.1) is 25.2 Å². The number of aliphatic hydroxyl groups is 1. The van der Waals surface area contributed by atoms with Crippen molar-refractivity contribution in [2.45, 2.75) is 31.3 Å². The van der Waals surface area contributed by atoms with Crippen LogP contribution in [-0.2, 0) is 4.79 Å². The number of nitrogens with zero attached hydrogens (tertiary/aromatic N) is 2. The summed E-state index contributed by atoms with van der Waals surface area (Å²) in [6, 6.07) is 9.53. The van der Waals surface area contributed by atoms with Gasteiger partial charge >= 0.3 is 0 Å². The molecule has 0 unspecified atom stereocenters. The second-order valence-electron chi connectivity index (χ2n) is 6.68. The van der Waals surface area contributed by atoms with Crippen LogP contribution in [0.5, 0.6) is 5.75 Å².